The van der Waals surface area contributed by atoms with E-state index in [1.807, 2.05) is 0 Å². The number of amides is 1. The van der Waals surface area contributed by atoms with Gasteiger partial charge in [0.1, 0.15) is 0 Å². The van der Waals surface area contributed by atoms with E-state index in [9.17, 15) is 4.79 Å². The van der Waals surface area contributed by atoms with E-state index >= 15 is 0 Å². The van der Waals surface area contributed by atoms with Gasteiger partial charge in [0.05, 0.1) is 10.7 Å². The summed E-state index contributed by atoms with van der Waals surface area (Å²) in [6.45, 7) is 6.32. The van der Waals surface area contributed by atoms with Crippen molar-refractivity contribution in [2.45, 2.75) is 38.6 Å². The van der Waals surface area contributed by atoms with Crippen LogP contribution in [0, 0.1) is 0 Å². The molecule has 0 radical (unpaired) electrons. The van der Waals surface area contributed by atoms with Crippen molar-refractivity contribution in [3.63, 3.8) is 0 Å². The maximum absolute atomic E-state index is 12.0. The molecule has 1 aromatic carbocycles. The number of anilines is 2. The fourth-order valence-corrected chi connectivity index (χ4v) is 2.90. The zero-order valence-corrected chi connectivity index (χ0v) is 12.8. The first kappa shape index (κ1) is 15.1. The quantitative estimate of drug-likeness (QED) is 0.839. The number of hydrogen-bond donors (Lipinski definition) is 2. The highest BCUT2D eigenvalue weighted by Crippen LogP contribution is 2.28. The third-order valence-corrected chi connectivity index (χ3v) is 4.26. The lowest BCUT2D eigenvalue weighted by atomic mass is 10.0. The van der Waals surface area contributed by atoms with Crippen molar-refractivity contribution in [1.82, 2.24) is 4.90 Å². The highest BCUT2D eigenvalue weighted by molar-refractivity contribution is 6.34. The number of nitrogens with one attached hydrogen (secondary N) is 1. The number of carbonyl (C=O) groups excluding carboxylic acids is 1. The first-order valence-electron chi connectivity index (χ1n) is 6.98. The summed E-state index contributed by atoms with van der Waals surface area (Å²) >= 11 is 6.04. The summed E-state index contributed by atoms with van der Waals surface area (Å²) in [6, 6.07) is 5.10. The van der Waals surface area contributed by atoms with Crippen molar-refractivity contribution >= 4 is 28.9 Å². The Morgan fingerprint density at radius 2 is 2.25 bits per heavy atom. The molecule has 0 atom stereocenters. The molecule has 3 N–H and O–H groups in total. The molecule has 1 saturated heterocycles. The van der Waals surface area contributed by atoms with Crippen LogP contribution in [0.25, 0.3) is 0 Å². The summed E-state index contributed by atoms with van der Waals surface area (Å²) in [5.74, 6) is -0.0145. The minimum atomic E-state index is -0.0145. The monoisotopic (exact) mass is 295 g/mol. The Labute approximate surface area is 125 Å². The summed E-state index contributed by atoms with van der Waals surface area (Å²) in [5, 5.41) is 3.31. The topological polar surface area (TPSA) is 58.4 Å². The number of hydrogen-bond acceptors (Lipinski definition) is 3. The van der Waals surface area contributed by atoms with Gasteiger partial charge in [-0.05, 0) is 51.4 Å². The van der Waals surface area contributed by atoms with Gasteiger partial charge in [-0.1, -0.05) is 11.6 Å². The molecule has 1 aliphatic heterocycles. The molecule has 110 valence electrons. The van der Waals surface area contributed by atoms with Gasteiger partial charge in [-0.15, -0.1) is 0 Å². The van der Waals surface area contributed by atoms with Crippen LogP contribution in [-0.2, 0) is 4.79 Å². The van der Waals surface area contributed by atoms with Crippen LogP contribution in [0.15, 0.2) is 18.2 Å². The Morgan fingerprint density at radius 3 is 2.85 bits per heavy atom. The van der Waals surface area contributed by atoms with Gasteiger partial charge < -0.3 is 11.1 Å². The number of rotatable bonds is 4. The van der Waals surface area contributed by atoms with Crippen LogP contribution in [0.1, 0.15) is 33.1 Å². The zero-order valence-electron chi connectivity index (χ0n) is 12.1. The van der Waals surface area contributed by atoms with E-state index in [1.165, 1.54) is 12.8 Å². The van der Waals surface area contributed by atoms with Gasteiger partial charge in [-0.3, -0.25) is 9.69 Å². The number of benzene rings is 1. The number of likely N-dealkylation sites (tertiary alicyclic amines) is 1. The number of nitrogens with two attached hydrogens (primary N) is 1. The lowest BCUT2D eigenvalue weighted by Crippen LogP contribution is -2.39. The fraction of sp³-hybridized carbons (Fsp3) is 0.533. The Bertz CT molecular complexity index is 502. The van der Waals surface area contributed by atoms with Crippen LogP contribution < -0.4 is 11.1 Å². The molecule has 1 fully saturated rings. The molecular formula is C15H22ClN3O. The van der Waals surface area contributed by atoms with Crippen LogP contribution >= 0.6 is 11.6 Å². The van der Waals surface area contributed by atoms with Crippen LogP contribution in [0.3, 0.4) is 0 Å². The summed E-state index contributed by atoms with van der Waals surface area (Å²) in [4.78, 5) is 14.4. The van der Waals surface area contributed by atoms with Crippen LogP contribution in [0.4, 0.5) is 11.4 Å². The predicted molar refractivity (Wildman–Crippen MR) is 84.0 cm³/mol. The van der Waals surface area contributed by atoms with E-state index in [-0.39, 0.29) is 11.4 Å². The summed E-state index contributed by atoms with van der Waals surface area (Å²) < 4.78 is 0. The Balaban J connectivity index is 1.87. The number of halogens is 1. The zero-order chi connectivity index (χ0) is 14.8. The molecule has 0 saturated carbocycles. The second-order valence-electron chi connectivity index (χ2n) is 5.94. The third-order valence-electron chi connectivity index (χ3n) is 3.95. The largest absolute Gasteiger partial charge is 0.399 e. The number of carbonyl (C=O) groups is 1. The second kappa shape index (κ2) is 6.02. The van der Waals surface area contributed by atoms with E-state index in [0.29, 0.717) is 22.8 Å². The second-order valence-corrected chi connectivity index (χ2v) is 6.35. The third kappa shape index (κ3) is 3.64. The Morgan fingerprint density at radius 1 is 1.50 bits per heavy atom. The molecular weight excluding hydrogens is 274 g/mol. The van der Waals surface area contributed by atoms with Gasteiger partial charge >= 0.3 is 0 Å². The molecule has 1 amide bonds. The molecule has 1 aliphatic rings. The molecule has 20 heavy (non-hydrogen) atoms. The molecule has 4 nitrogen and oxygen atoms in total. The van der Waals surface area contributed by atoms with Gasteiger partial charge in [0.25, 0.3) is 0 Å². The van der Waals surface area contributed by atoms with E-state index in [0.717, 1.165) is 13.1 Å². The van der Waals surface area contributed by atoms with Gasteiger partial charge in [-0.25, -0.2) is 0 Å². The average molecular weight is 296 g/mol. The van der Waals surface area contributed by atoms with Crippen molar-refractivity contribution < 1.29 is 4.79 Å². The summed E-state index contributed by atoms with van der Waals surface area (Å²) in [6.07, 6.45) is 2.88. The standard InChI is InChI=1S/C15H22ClN3O/c1-15(2)7-3-8-19(15)9-6-14(20)18-13-5-4-11(17)10-12(13)16/h4-5,10H,3,6-9,17H2,1-2H3,(H,18,20). The average Bonchev–Trinajstić information content (AvgIpc) is 2.69. The van der Waals surface area contributed by atoms with Crippen molar-refractivity contribution in [2.75, 3.05) is 24.1 Å². The van der Waals surface area contributed by atoms with Gasteiger partial charge in [0, 0.05) is 24.2 Å². The van der Waals surface area contributed by atoms with Gasteiger partial charge in [0.2, 0.25) is 5.91 Å². The van der Waals surface area contributed by atoms with Crippen LogP contribution in [0.2, 0.25) is 5.02 Å². The maximum atomic E-state index is 12.0. The van der Waals surface area contributed by atoms with Gasteiger partial charge in [0.15, 0.2) is 0 Å². The van der Waals surface area contributed by atoms with Crippen molar-refractivity contribution in [3.05, 3.63) is 23.2 Å². The Hall–Kier alpha value is -1.26. The first-order chi connectivity index (χ1) is 9.38. The molecule has 5 heteroatoms. The molecule has 0 aromatic heterocycles. The van der Waals surface area contributed by atoms with Crippen molar-refractivity contribution in [3.8, 4) is 0 Å². The number of nitrogens with zero attached hydrogens (tertiary/aromatic N) is 1. The highest BCUT2D eigenvalue weighted by Gasteiger charge is 2.31. The number of nitrogen functional groups attached to an aromatic ring is 1. The van der Waals surface area contributed by atoms with Crippen LogP contribution in [-0.4, -0.2) is 29.4 Å². The molecule has 1 aromatic rings. The van der Waals surface area contributed by atoms with Crippen LogP contribution in [0.5, 0.6) is 0 Å². The molecule has 0 unspecified atom stereocenters. The normalized spacial score (nSPS) is 18.1. The molecule has 2 rings (SSSR count). The molecule has 0 bridgehead atoms. The molecule has 1 heterocycles. The highest BCUT2D eigenvalue weighted by atomic mass is 35.5. The fourth-order valence-electron chi connectivity index (χ4n) is 2.66. The predicted octanol–water partition coefficient (Wildman–Crippen LogP) is 3.13. The van der Waals surface area contributed by atoms with Crippen molar-refractivity contribution in [1.29, 1.82) is 0 Å². The lowest BCUT2D eigenvalue weighted by molar-refractivity contribution is -0.116. The minimum Gasteiger partial charge on any atom is -0.399 e. The van der Waals surface area contributed by atoms with Crippen molar-refractivity contribution in [2.24, 2.45) is 0 Å². The minimum absolute atomic E-state index is 0.0145. The first-order valence-corrected chi connectivity index (χ1v) is 7.36. The smallest absolute Gasteiger partial charge is 0.225 e. The summed E-state index contributed by atoms with van der Waals surface area (Å²) in [7, 11) is 0. The van der Waals surface area contributed by atoms with E-state index in [4.69, 9.17) is 17.3 Å². The van der Waals surface area contributed by atoms with E-state index in [2.05, 4.69) is 24.1 Å². The summed E-state index contributed by atoms with van der Waals surface area (Å²) in [5.41, 5.74) is 7.04. The maximum Gasteiger partial charge on any atom is 0.225 e. The van der Waals surface area contributed by atoms with E-state index < -0.39 is 0 Å². The van der Waals surface area contributed by atoms with E-state index in [1.54, 1.807) is 18.2 Å². The molecule has 0 spiro atoms. The molecule has 0 aliphatic carbocycles. The van der Waals surface area contributed by atoms with Gasteiger partial charge in [-0.2, -0.15) is 0 Å². The lowest BCUT2D eigenvalue weighted by Gasteiger charge is -2.31. The Kier molecular flexibility index (Phi) is 4.55. The SMILES string of the molecule is CC1(C)CCCN1CCC(=O)Nc1ccc(N)cc1Cl.